The molecule has 3 rings (SSSR count). The van der Waals surface area contributed by atoms with Gasteiger partial charge in [0.05, 0.1) is 12.7 Å². The van der Waals surface area contributed by atoms with Crippen molar-refractivity contribution >= 4 is 18.0 Å². The molecule has 3 aromatic rings. The molecule has 0 radical (unpaired) electrons. The molecule has 0 N–H and O–H groups in total. The topological polar surface area (TPSA) is 57.5 Å². The third-order valence-electron chi connectivity index (χ3n) is 3.94. The minimum absolute atomic E-state index is 0.228. The van der Waals surface area contributed by atoms with Crippen LogP contribution in [0, 0.1) is 0 Å². The first-order chi connectivity index (χ1) is 13.2. The smallest absolute Gasteiger partial charge is 0.337 e. The average molecular weight is 361 g/mol. The molecule has 0 saturated carbocycles. The summed E-state index contributed by atoms with van der Waals surface area (Å²) in [6.45, 7) is 0.228. The number of nitrogens with zero attached hydrogens (tertiary/aromatic N) is 1. The SMILES string of the molecule is COC(=O)c1cccc(-n2cccc2C=CC(=O)OCc2ccccc2)c1. The molecule has 0 amide bonds. The van der Waals surface area contributed by atoms with E-state index < -0.39 is 11.9 Å². The molecule has 136 valence electrons. The minimum atomic E-state index is -0.421. The normalized spacial score (nSPS) is 10.7. The van der Waals surface area contributed by atoms with Crippen molar-refractivity contribution in [3.63, 3.8) is 0 Å². The molecule has 27 heavy (non-hydrogen) atoms. The molecule has 0 atom stereocenters. The van der Waals surface area contributed by atoms with E-state index in [4.69, 9.17) is 9.47 Å². The summed E-state index contributed by atoms with van der Waals surface area (Å²) in [5.74, 6) is -0.819. The average Bonchev–Trinajstić information content (AvgIpc) is 3.19. The number of esters is 2. The van der Waals surface area contributed by atoms with Gasteiger partial charge in [-0.3, -0.25) is 0 Å². The number of hydrogen-bond acceptors (Lipinski definition) is 4. The third kappa shape index (κ3) is 4.73. The highest BCUT2D eigenvalue weighted by atomic mass is 16.5. The summed E-state index contributed by atoms with van der Waals surface area (Å²) < 4.78 is 11.9. The van der Waals surface area contributed by atoms with E-state index in [1.807, 2.05) is 59.3 Å². The molecule has 5 heteroatoms. The van der Waals surface area contributed by atoms with Gasteiger partial charge in [-0.25, -0.2) is 9.59 Å². The Kier molecular flexibility index (Phi) is 5.84. The quantitative estimate of drug-likeness (QED) is 0.491. The first-order valence-electron chi connectivity index (χ1n) is 8.42. The fraction of sp³-hybridized carbons (Fsp3) is 0.0909. The van der Waals surface area contributed by atoms with Crippen molar-refractivity contribution in [1.82, 2.24) is 4.57 Å². The largest absolute Gasteiger partial charge is 0.465 e. The second kappa shape index (κ2) is 8.67. The van der Waals surface area contributed by atoms with E-state index in [0.29, 0.717) is 5.56 Å². The van der Waals surface area contributed by atoms with Gasteiger partial charge in [-0.2, -0.15) is 0 Å². The molecule has 0 aliphatic carbocycles. The van der Waals surface area contributed by atoms with Gasteiger partial charge in [0, 0.05) is 23.7 Å². The lowest BCUT2D eigenvalue weighted by molar-refractivity contribution is -0.138. The van der Waals surface area contributed by atoms with Crippen molar-refractivity contribution < 1.29 is 19.1 Å². The second-order valence-electron chi connectivity index (χ2n) is 5.77. The number of aromatic nitrogens is 1. The summed E-state index contributed by atoms with van der Waals surface area (Å²) in [6, 6.07) is 20.3. The summed E-state index contributed by atoms with van der Waals surface area (Å²) in [5.41, 5.74) is 2.97. The molecule has 0 aliphatic heterocycles. The van der Waals surface area contributed by atoms with E-state index in [-0.39, 0.29) is 6.61 Å². The predicted octanol–water partition coefficient (Wildman–Crippen LogP) is 4.02. The van der Waals surface area contributed by atoms with Crippen LogP contribution in [0.15, 0.2) is 79.0 Å². The first kappa shape index (κ1) is 18.2. The number of methoxy groups -OCH3 is 1. The number of carbonyl (C=O) groups excluding carboxylic acids is 2. The van der Waals surface area contributed by atoms with Gasteiger partial charge in [0.2, 0.25) is 0 Å². The van der Waals surface area contributed by atoms with Gasteiger partial charge in [-0.1, -0.05) is 36.4 Å². The van der Waals surface area contributed by atoms with Crippen LogP contribution in [0.4, 0.5) is 0 Å². The summed E-state index contributed by atoms with van der Waals surface area (Å²) in [7, 11) is 1.35. The number of ether oxygens (including phenoxy) is 2. The molecule has 0 aliphatic rings. The van der Waals surface area contributed by atoms with Crippen LogP contribution in [0.25, 0.3) is 11.8 Å². The van der Waals surface area contributed by atoms with E-state index >= 15 is 0 Å². The monoisotopic (exact) mass is 361 g/mol. The van der Waals surface area contributed by atoms with Crippen LogP contribution in [0.5, 0.6) is 0 Å². The maximum absolute atomic E-state index is 12.0. The number of carbonyl (C=O) groups is 2. The molecular formula is C22H19NO4. The zero-order valence-corrected chi connectivity index (χ0v) is 14.9. The van der Waals surface area contributed by atoms with Gasteiger partial charge < -0.3 is 14.0 Å². The molecule has 0 fully saturated rings. The molecule has 0 bridgehead atoms. The zero-order valence-electron chi connectivity index (χ0n) is 14.9. The third-order valence-corrected chi connectivity index (χ3v) is 3.94. The van der Waals surface area contributed by atoms with Gasteiger partial charge in [-0.15, -0.1) is 0 Å². The highest BCUT2D eigenvalue weighted by molar-refractivity contribution is 5.90. The van der Waals surface area contributed by atoms with E-state index in [1.165, 1.54) is 13.2 Å². The Bertz CT molecular complexity index is 957. The van der Waals surface area contributed by atoms with Crippen molar-refractivity contribution in [2.75, 3.05) is 7.11 Å². The summed E-state index contributed by atoms with van der Waals surface area (Å²) in [6.07, 6.45) is 4.92. The first-order valence-corrected chi connectivity index (χ1v) is 8.42. The Morgan fingerprint density at radius 1 is 1.00 bits per heavy atom. The lowest BCUT2D eigenvalue weighted by Crippen LogP contribution is -2.03. The van der Waals surface area contributed by atoms with Crippen LogP contribution in [-0.2, 0) is 20.9 Å². The molecule has 0 unspecified atom stereocenters. The maximum Gasteiger partial charge on any atom is 0.337 e. The fourth-order valence-corrected chi connectivity index (χ4v) is 2.60. The van der Waals surface area contributed by atoms with Gasteiger partial charge >= 0.3 is 11.9 Å². The van der Waals surface area contributed by atoms with Crippen LogP contribution in [-0.4, -0.2) is 23.6 Å². The van der Waals surface area contributed by atoms with Crippen LogP contribution >= 0.6 is 0 Å². The molecule has 0 saturated heterocycles. The van der Waals surface area contributed by atoms with E-state index in [0.717, 1.165) is 16.9 Å². The van der Waals surface area contributed by atoms with E-state index in [2.05, 4.69) is 0 Å². The minimum Gasteiger partial charge on any atom is -0.465 e. The van der Waals surface area contributed by atoms with Crippen molar-refractivity contribution in [3.05, 3.63) is 95.8 Å². The molecule has 1 aromatic heterocycles. The molecule has 2 aromatic carbocycles. The fourth-order valence-electron chi connectivity index (χ4n) is 2.60. The zero-order chi connectivity index (χ0) is 19.1. The number of rotatable bonds is 6. The Morgan fingerprint density at radius 3 is 2.59 bits per heavy atom. The molecular weight excluding hydrogens is 342 g/mol. The van der Waals surface area contributed by atoms with Crippen molar-refractivity contribution in [1.29, 1.82) is 0 Å². The lowest BCUT2D eigenvalue weighted by Gasteiger charge is -2.08. The van der Waals surface area contributed by atoms with Gasteiger partial charge in [0.25, 0.3) is 0 Å². The van der Waals surface area contributed by atoms with Crippen molar-refractivity contribution in [3.8, 4) is 5.69 Å². The number of benzene rings is 2. The van der Waals surface area contributed by atoms with Crippen molar-refractivity contribution in [2.45, 2.75) is 6.61 Å². The lowest BCUT2D eigenvalue weighted by atomic mass is 10.2. The standard InChI is InChI=1S/C22H19NO4/c1-26-22(25)18-9-5-10-20(15-18)23-14-6-11-19(23)12-13-21(24)27-16-17-7-3-2-4-8-17/h2-15H,16H2,1H3. The van der Waals surface area contributed by atoms with Crippen LogP contribution in [0.2, 0.25) is 0 Å². The highest BCUT2D eigenvalue weighted by Crippen LogP contribution is 2.16. The molecule has 5 nitrogen and oxygen atoms in total. The maximum atomic E-state index is 12.0. The Morgan fingerprint density at radius 2 is 1.81 bits per heavy atom. The van der Waals surface area contributed by atoms with Crippen LogP contribution < -0.4 is 0 Å². The summed E-state index contributed by atoms with van der Waals surface area (Å²) in [4.78, 5) is 23.7. The molecule has 0 spiro atoms. The highest BCUT2D eigenvalue weighted by Gasteiger charge is 2.08. The van der Waals surface area contributed by atoms with Gasteiger partial charge in [0.15, 0.2) is 0 Å². The van der Waals surface area contributed by atoms with Crippen LogP contribution in [0.1, 0.15) is 21.6 Å². The molecule has 1 heterocycles. The summed E-state index contributed by atoms with van der Waals surface area (Å²) in [5, 5.41) is 0. The van der Waals surface area contributed by atoms with E-state index in [9.17, 15) is 9.59 Å². The van der Waals surface area contributed by atoms with Gasteiger partial charge in [-0.05, 0) is 42.0 Å². The second-order valence-corrected chi connectivity index (χ2v) is 5.77. The summed E-state index contributed by atoms with van der Waals surface area (Å²) >= 11 is 0. The predicted molar refractivity (Wildman–Crippen MR) is 102 cm³/mol. The van der Waals surface area contributed by atoms with Crippen LogP contribution in [0.3, 0.4) is 0 Å². The van der Waals surface area contributed by atoms with Gasteiger partial charge in [0.1, 0.15) is 6.61 Å². The Balaban J connectivity index is 1.70. The Labute approximate surface area is 157 Å². The number of hydrogen-bond donors (Lipinski definition) is 0. The van der Waals surface area contributed by atoms with E-state index in [1.54, 1.807) is 24.3 Å². The Hall–Kier alpha value is -3.60. The van der Waals surface area contributed by atoms with Crippen molar-refractivity contribution in [2.24, 2.45) is 0 Å².